The van der Waals surface area contributed by atoms with Gasteiger partial charge in [0.05, 0.1) is 4.47 Å². The highest BCUT2D eigenvalue weighted by molar-refractivity contribution is 9.10. The van der Waals surface area contributed by atoms with Gasteiger partial charge in [-0.05, 0) is 34.8 Å². The Hall–Kier alpha value is -1.40. The van der Waals surface area contributed by atoms with Crippen molar-refractivity contribution in [3.8, 4) is 5.75 Å². The van der Waals surface area contributed by atoms with Crippen molar-refractivity contribution in [2.75, 3.05) is 0 Å². The predicted octanol–water partition coefficient (Wildman–Crippen LogP) is 2.41. The quantitative estimate of drug-likeness (QED) is 0.880. The molecule has 1 saturated carbocycles. The van der Waals surface area contributed by atoms with Gasteiger partial charge >= 0.3 is 0 Å². The molecular formula is C14H17BrN4O. The zero-order chi connectivity index (χ0) is 13.9. The van der Waals surface area contributed by atoms with Gasteiger partial charge in [-0.2, -0.15) is 5.10 Å². The summed E-state index contributed by atoms with van der Waals surface area (Å²) in [4.78, 5) is 4.17. The van der Waals surface area contributed by atoms with Crippen LogP contribution in [0.2, 0.25) is 0 Å². The molecule has 1 aliphatic rings. The number of aryl methyl sites for hydroxylation is 1. The van der Waals surface area contributed by atoms with Crippen LogP contribution in [-0.4, -0.2) is 20.8 Å². The van der Waals surface area contributed by atoms with Crippen LogP contribution in [0.4, 0.5) is 0 Å². The first kappa shape index (κ1) is 13.6. The van der Waals surface area contributed by atoms with Gasteiger partial charge in [-0.3, -0.25) is 4.68 Å². The minimum Gasteiger partial charge on any atom is -0.484 e. The van der Waals surface area contributed by atoms with Crippen molar-refractivity contribution in [1.29, 1.82) is 0 Å². The van der Waals surface area contributed by atoms with Gasteiger partial charge in [-0.1, -0.05) is 12.1 Å². The van der Waals surface area contributed by atoms with Crippen molar-refractivity contribution in [2.45, 2.75) is 32.0 Å². The summed E-state index contributed by atoms with van der Waals surface area (Å²) in [7, 11) is 1.86. The van der Waals surface area contributed by atoms with E-state index < -0.39 is 0 Å². The number of nitrogens with zero attached hydrogens (tertiary/aromatic N) is 3. The van der Waals surface area contributed by atoms with Crippen LogP contribution in [0.1, 0.15) is 24.2 Å². The number of benzene rings is 1. The summed E-state index contributed by atoms with van der Waals surface area (Å²) in [5.41, 5.74) is 1.16. The van der Waals surface area contributed by atoms with E-state index in [1.54, 1.807) is 4.68 Å². The van der Waals surface area contributed by atoms with Crippen LogP contribution in [0.25, 0.3) is 0 Å². The minimum absolute atomic E-state index is 0.412. The smallest absolute Gasteiger partial charge is 0.164 e. The van der Waals surface area contributed by atoms with E-state index in [-0.39, 0.29) is 0 Å². The second kappa shape index (κ2) is 5.93. The fourth-order valence-electron chi connectivity index (χ4n) is 1.98. The Morgan fingerprint density at radius 3 is 3.00 bits per heavy atom. The maximum atomic E-state index is 5.94. The van der Waals surface area contributed by atoms with Crippen LogP contribution in [-0.2, 0) is 20.2 Å². The maximum Gasteiger partial charge on any atom is 0.164 e. The first-order chi connectivity index (χ1) is 9.74. The molecule has 3 rings (SSSR count). The van der Waals surface area contributed by atoms with E-state index in [2.05, 4.69) is 37.4 Å². The van der Waals surface area contributed by atoms with Crippen molar-refractivity contribution >= 4 is 15.9 Å². The van der Waals surface area contributed by atoms with Crippen LogP contribution >= 0.6 is 15.9 Å². The first-order valence-corrected chi connectivity index (χ1v) is 7.50. The number of hydrogen-bond acceptors (Lipinski definition) is 4. The molecule has 0 spiro atoms. The largest absolute Gasteiger partial charge is 0.484 e. The van der Waals surface area contributed by atoms with Gasteiger partial charge in [-0.25, -0.2) is 4.98 Å². The van der Waals surface area contributed by atoms with Gasteiger partial charge in [0.1, 0.15) is 18.7 Å². The summed E-state index contributed by atoms with van der Waals surface area (Å²) < 4.78 is 8.62. The second-order valence-electron chi connectivity index (χ2n) is 4.97. The zero-order valence-electron chi connectivity index (χ0n) is 11.3. The Bertz CT molecular complexity index is 595. The molecule has 0 radical (unpaired) electrons. The van der Waals surface area contributed by atoms with E-state index in [1.165, 1.54) is 19.2 Å². The SMILES string of the molecule is Cn1ncnc1COc1c(Br)cccc1CNC1CC1. The number of hydrogen-bond donors (Lipinski definition) is 1. The Morgan fingerprint density at radius 2 is 2.30 bits per heavy atom. The summed E-state index contributed by atoms with van der Waals surface area (Å²) in [6.07, 6.45) is 4.10. The Balaban J connectivity index is 1.71. The van der Waals surface area contributed by atoms with Crippen LogP contribution in [0, 0.1) is 0 Å². The lowest BCUT2D eigenvalue weighted by atomic mass is 10.2. The van der Waals surface area contributed by atoms with Crippen molar-refractivity contribution < 1.29 is 4.74 Å². The average Bonchev–Trinajstić information content (AvgIpc) is 3.18. The number of nitrogens with one attached hydrogen (secondary N) is 1. The van der Waals surface area contributed by atoms with Crippen molar-refractivity contribution in [3.63, 3.8) is 0 Å². The molecule has 0 unspecified atom stereocenters. The molecule has 20 heavy (non-hydrogen) atoms. The van der Waals surface area contributed by atoms with Gasteiger partial charge < -0.3 is 10.1 Å². The third-order valence-electron chi connectivity index (χ3n) is 3.36. The van der Waals surface area contributed by atoms with Gasteiger partial charge in [0.25, 0.3) is 0 Å². The molecule has 1 heterocycles. The van der Waals surface area contributed by atoms with Crippen LogP contribution in [0.5, 0.6) is 5.75 Å². The zero-order valence-corrected chi connectivity index (χ0v) is 12.9. The highest BCUT2D eigenvalue weighted by atomic mass is 79.9. The van der Waals surface area contributed by atoms with E-state index in [1.807, 2.05) is 19.2 Å². The van der Waals surface area contributed by atoms with Gasteiger partial charge in [-0.15, -0.1) is 0 Å². The minimum atomic E-state index is 0.412. The molecule has 1 aromatic carbocycles. The topological polar surface area (TPSA) is 52.0 Å². The molecule has 106 valence electrons. The molecule has 0 aliphatic heterocycles. The summed E-state index contributed by atoms with van der Waals surface area (Å²) in [6, 6.07) is 6.79. The summed E-state index contributed by atoms with van der Waals surface area (Å²) >= 11 is 3.56. The summed E-state index contributed by atoms with van der Waals surface area (Å²) in [5, 5.41) is 7.55. The Morgan fingerprint density at radius 1 is 1.45 bits per heavy atom. The van der Waals surface area contributed by atoms with Crippen LogP contribution < -0.4 is 10.1 Å². The molecule has 2 aromatic rings. The monoisotopic (exact) mass is 336 g/mol. The molecule has 0 atom stereocenters. The van der Waals surface area contributed by atoms with Gasteiger partial charge in [0.15, 0.2) is 5.82 Å². The van der Waals surface area contributed by atoms with Crippen LogP contribution in [0.3, 0.4) is 0 Å². The van der Waals surface area contributed by atoms with Crippen molar-refractivity contribution in [2.24, 2.45) is 7.05 Å². The fourth-order valence-corrected chi connectivity index (χ4v) is 2.51. The lowest BCUT2D eigenvalue weighted by Gasteiger charge is -2.13. The highest BCUT2D eigenvalue weighted by Gasteiger charge is 2.21. The maximum absolute atomic E-state index is 5.94. The fraction of sp³-hybridized carbons (Fsp3) is 0.429. The van der Waals surface area contributed by atoms with Crippen LogP contribution in [0.15, 0.2) is 29.0 Å². The van der Waals surface area contributed by atoms with E-state index in [0.29, 0.717) is 12.6 Å². The standard InChI is InChI=1S/C14H17BrN4O/c1-19-13(17-9-18-19)8-20-14-10(3-2-4-12(14)15)7-16-11-5-6-11/h2-4,9,11,16H,5-8H2,1H3. The van der Waals surface area contributed by atoms with E-state index in [4.69, 9.17) is 4.74 Å². The summed E-state index contributed by atoms with van der Waals surface area (Å²) in [6.45, 7) is 1.24. The molecule has 5 nitrogen and oxygen atoms in total. The van der Waals surface area contributed by atoms with E-state index in [0.717, 1.165) is 28.2 Å². The lowest BCUT2D eigenvalue weighted by Crippen LogP contribution is -2.16. The molecule has 1 aromatic heterocycles. The number of rotatable bonds is 6. The molecule has 0 amide bonds. The molecule has 1 N–H and O–H groups in total. The molecule has 1 aliphatic carbocycles. The Labute approximate surface area is 126 Å². The third kappa shape index (κ3) is 3.19. The molecule has 0 saturated heterocycles. The Kier molecular flexibility index (Phi) is 4.03. The molecule has 6 heteroatoms. The van der Waals surface area contributed by atoms with Crippen molar-refractivity contribution in [3.05, 3.63) is 40.4 Å². The summed E-state index contributed by atoms with van der Waals surface area (Å²) in [5.74, 6) is 1.69. The van der Waals surface area contributed by atoms with Gasteiger partial charge in [0, 0.05) is 25.2 Å². The molecular weight excluding hydrogens is 320 g/mol. The number of ether oxygens (including phenoxy) is 1. The number of halogens is 1. The highest BCUT2D eigenvalue weighted by Crippen LogP contribution is 2.30. The number of para-hydroxylation sites is 1. The normalized spacial score (nSPS) is 14.5. The van der Waals surface area contributed by atoms with Gasteiger partial charge in [0.2, 0.25) is 0 Å². The average molecular weight is 337 g/mol. The molecule has 0 bridgehead atoms. The van der Waals surface area contributed by atoms with Crippen molar-refractivity contribution in [1.82, 2.24) is 20.1 Å². The predicted molar refractivity (Wildman–Crippen MR) is 79.3 cm³/mol. The van der Waals surface area contributed by atoms with E-state index in [9.17, 15) is 0 Å². The first-order valence-electron chi connectivity index (χ1n) is 6.70. The molecule has 1 fully saturated rings. The third-order valence-corrected chi connectivity index (χ3v) is 3.98. The van der Waals surface area contributed by atoms with E-state index >= 15 is 0 Å². The second-order valence-corrected chi connectivity index (χ2v) is 5.83. The lowest BCUT2D eigenvalue weighted by molar-refractivity contribution is 0.284. The number of aromatic nitrogens is 3.